The number of rotatable bonds is 4. The van der Waals surface area contributed by atoms with E-state index in [2.05, 4.69) is 46.5 Å². The standard InChI is InChI=1S/C13H15N3S/c1-10-4-3-5-11(8-10)17-9-13-15-7-6-12(14-2)16-13/h3-8H,9H2,1-2H3,(H,14,15,16). The van der Waals surface area contributed by atoms with Crippen LogP contribution in [0.4, 0.5) is 5.82 Å². The normalized spacial score (nSPS) is 10.2. The molecule has 1 heterocycles. The van der Waals surface area contributed by atoms with Gasteiger partial charge in [0.05, 0.1) is 5.75 Å². The summed E-state index contributed by atoms with van der Waals surface area (Å²) in [6.07, 6.45) is 1.78. The lowest BCUT2D eigenvalue weighted by molar-refractivity contribution is 1.03. The summed E-state index contributed by atoms with van der Waals surface area (Å²) in [6, 6.07) is 10.3. The molecule has 1 N–H and O–H groups in total. The van der Waals surface area contributed by atoms with Gasteiger partial charge in [-0.1, -0.05) is 17.7 Å². The Hall–Kier alpha value is -1.55. The van der Waals surface area contributed by atoms with Gasteiger partial charge in [0.2, 0.25) is 0 Å². The number of aryl methyl sites for hydroxylation is 1. The lowest BCUT2D eigenvalue weighted by atomic mass is 10.2. The van der Waals surface area contributed by atoms with Crippen LogP contribution < -0.4 is 5.32 Å². The van der Waals surface area contributed by atoms with Gasteiger partial charge in [0.15, 0.2) is 0 Å². The molecule has 0 atom stereocenters. The Bertz CT molecular complexity index is 500. The minimum Gasteiger partial charge on any atom is -0.373 e. The van der Waals surface area contributed by atoms with Crippen molar-refractivity contribution in [2.75, 3.05) is 12.4 Å². The first-order valence-corrected chi connectivity index (χ1v) is 6.45. The van der Waals surface area contributed by atoms with Crippen molar-refractivity contribution in [3.63, 3.8) is 0 Å². The fourth-order valence-corrected chi connectivity index (χ4v) is 2.34. The Morgan fingerprint density at radius 3 is 2.94 bits per heavy atom. The average molecular weight is 245 g/mol. The zero-order valence-electron chi connectivity index (χ0n) is 9.97. The third-order valence-corrected chi connectivity index (χ3v) is 3.31. The minimum absolute atomic E-state index is 0.791. The molecule has 0 radical (unpaired) electrons. The van der Waals surface area contributed by atoms with E-state index in [1.807, 2.05) is 13.1 Å². The Labute approximate surface area is 106 Å². The average Bonchev–Trinajstić information content (AvgIpc) is 2.37. The summed E-state index contributed by atoms with van der Waals surface area (Å²) in [7, 11) is 1.86. The van der Waals surface area contributed by atoms with Crippen LogP contribution in [-0.2, 0) is 5.75 Å². The predicted molar refractivity (Wildman–Crippen MR) is 72.3 cm³/mol. The summed E-state index contributed by atoms with van der Waals surface area (Å²) in [4.78, 5) is 9.89. The van der Waals surface area contributed by atoms with Crippen LogP contribution in [0.3, 0.4) is 0 Å². The van der Waals surface area contributed by atoms with Gasteiger partial charge < -0.3 is 5.32 Å². The molecule has 0 spiro atoms. The number of aromatic nitrogens is 2. The van der Waals surface area contributed by atoms with Crippen molar-refractivity contribution >= 4 is 17.6 Å². The van der Waals surface area contributed by atoms with Crippen LogP contribution in [0.25, 0.3) is 0 Å². The van der Waals surface area contributed by atoms with E-state index in [1.165, 1.54) is 10.5 Å². The monoisotopic (exact) mass is 245 g/mol. The fraction of sp³-hybridized carbons (Fsp3) is 0.231. The molecule has 2 rings (SSSR count). The van der Waals surface area contributed by atoms with Crippen LogP contribution >= 0.6 is 11.8 Å². The van der Waals surface area contributed by atoms with Gasteiger partial charge >= 0.3 is 0 Å². The number of hydrogen-bond acceptors (Lipinski definition) is 4. The number of benzene rings is 1. The maximum atomic E-state index is 4.39. The highest BCUT2D eigenvalue weighted by Crippen LogP contribution is 2.22. The molecule has 0 aliphatic rings. The summed E-state index contributed by atoms with van der Waals surface area (Å²) in [6.45, 7) is 2.10. The van der Waals surface area contributed by atoms with Gasteiger partial charge in [-0.05, 0) is 25.1 Å². The third kappa shape index (κ3) is 3.46. The molecular formula is C13H15N3S. The van der Waals surface area contributed by atoms with Crippen LogP contribution in [0.2, 0.25) is 0 Å². The first kappa shape index (κ1) is 11.9. The first-order valence-electron chi connectivity index (χ1n) is 5.47. The van der Waals surface area contributed by atoms with E-state index < -0.39 is 0 Å². The van der Waals surface area contributed by atoms with Gasteiger partial charge in [-0.15, -0.1) is 11.8 Å². The second-order valence-electron chi connectivity index (χ2n) is 3.71. The molecule has 4 heteroatoms. The maximum absolute atomic E-state index is 4.39. The van der Waals surface area contributed by atoms with Crippen LogP contribution in [0.15, 0.2) is 41.4 Å². The van der Waals surface area contributed by atoms with E-state index in [0.29, 0.717) is 0 Å². The molecule has 88 valence electrons. The van der Waals surface area contributed by atoms with Gasteiger partial charge in [-0.2, -0.15) is 0 Å². The Kier molecular flexibility index (Phi) is 3.98. The summed E-state index contributed by atoms with van der Waals surface area (Å²) < 4.78 is 0. The highest BCUT2D eigenvalue weighted by Gasteiger charge is 2.00. The van der Waals surface area contributed by atoms with Crippen molar-refractivity contribution in [3.8, 4) is 0 Å². The minimum atomic E-state index is 0.791. The molecule has 0 saturated carbocycles. The van der Waals surface area contributed by atoms with Gasteiger partial charge in [-0.3, -0.25) is 0 Å². The van der Waals surface area contributed by atoms with E-state index in [1.54, 1.807) is 18.0 Å². The van der Waals surface area contributed by atoms with E-state index in [-0.39, 0.29) is 0 Å². The maximum Gasteiger partial charge on any atom is 0.140 e. The summed E-state index contributed by atoms with van der Waals surface area (Å²) in [5.74, 6) is 2.50. The largest absolute Gasteiger partial charge is 0.373 e. The molecule has 0 aliphatic carbocycles. The first-order chi connectivity index (χ1) is 8.28. The smallest absolute Gasteiger partial charge is 0.140 e. The molecule has 0 bridgehead atoms. The SMILES string of the molecule is CNc1ccnc(CSc2cccc(C)c2)n1. The van der Waals surface area contributed by atoms with Gasteiger partial charge in [0.25, 0.3) is 0 Å². The molecule has 0 fully saturated rings. The Morgan fingerprint density at radius 1 is 1.29 bits per heavy atom. The molecule has 17 heavy (non-hydrogen) atoms. The molecule has 3 nitrogen and oxygen atoms in total. The van der Waals surface area contributed by atoms with Gasteiger partial charge in [-0.25, -0.2) is 9.97 Å². The van der Waals surface area contributed by atoms with Gasteiger partial charge in [0.1, 0.15) is 11.6 Å². The molecule has 1 aromatic carbocycles. The van der Waals surface area contributed by atoms with Crippen molar-refractivity contribution in [1.29, 1.82) is 0 Å². The van der Waals surface area contributed by atoms with E-state index in [9.17, 15) is 0 Å². The fourth-order valence-electron chi connectivity index (χ4n) is 1.46. The van der Waals surface area contributed by atoms with Crippen molar-refractivity contribution in [1.82, 2.24) is 9.97 Å². The van der Waals surface area contributed by atoms with Crippen LogP contribution in [0.5, 0.6) is 0 Å². The number of nitrogens with zero attached hydrogens (tertiary/aromatic N) is 2. The van der Waals surface area contributed by atoms with Crippen molar-refractivity contribution in [3.05, 3.63) is 47.9 Å². The zero-order valence-corrected chi connectivity index (χ0v) is 10.8. The topological polar surface area (TPSA) is 37.8 Å². The third-order valence-electron chi connectivity index (χ3n) is 2.32. The quantitative estimate of drug-likeness (QED) is 0.840. The van der Waals surface area contributed by atoms with Crippen molar-refractivity contribution < 1.29 is 0 Å². The molecule has 0 amide bonds. The highest BCUT2D eigenvalue weighted by atomic mass is 32.2. The summed E-state index contributed by atoms with van der Waals surface area (Å²) >= 11 is 1.75. The van der Waals surface area contributed by atoms with E-state index >= 15 is 0 Å². The summed E-state index contributed by atoms with van der Waals surface area (Å²) in [5.41, 5.74) is 1.28. The van der Waals surface area contributed by atoms with Crippen molar-refractivity contribution in [2.24, 2.45) is 0 Å². The van der Waals surface area contributed by atoms with E-state index in [4.69, 9.17) is 0 Å². The molecule has 0 unspecified atom stereocenters. The number of hydrogen-bond donors (Lipinski definition) is 1. The molecule has 0 saturated heterocycles. The number of thioether (sulfide) groups is 1. The lowest BCUT2D eigenvalue weighted by Gasteiger charge is -2.03. The second kappa shape index (κ2) is 5.68. The van der Waals surface area contributed by atoms with Crippen LogP contribution in [-0.4, -0.2) is 17.0 Å². The molecule has 0 aliphatic heterocycles. The van der Waals surface area contributed by atoms with Crippen LogP contribution in [0, 0.1) is 6.92 Å². The summed E-state index contributed by atoms with van der Waals surface area (Å²) in [5, 5.41) is 3.01. The molecule has 2 aromatic rings. The van der Waals surface area contributed by atoms with E-state index in [0.717, 1.165) is 17.4 Å². The number of anilines is 1. The predicted octanol–water partition coefficient (Wildman–Crippen LogP) is 3.12. The van der Waals surface area contributed by atoms with Crippen molar-refractivity contribution in [2.45, 2.75) is 17.6 Å². The van der Waals surface area contributed by atoms with Gasteiger partial charge in [0, 0.05) is 18.1 Å². The zero-order chi connectivity index (χ0) is 12.1. The molecule has 1 aromatic heterocycles. The number of nitrogens with one attached hydrogen (secondary N) is 1. The van der Waals surface area contributed by atoms with Crippen LogP contribution in [0.1, 0.15) is 11.4 Å². The Morgan fingerprint density at radius 2 is 2.18 bits per heavy atom. The lowest BCUT2D eigenvalue weighted by Crippen LogP contribution is -1.97. The molecular weight excluding hydrogens is 230 g/mol. The Balaban J connectivity index is 2.02. The second-order valence-corrected chi connectivity index (χ2v) is 4.76. The highest BCUT2D eigenvalue weighted by molar-refractivity contribution is 7.98.